The van der Waals surface area contributed by atoms with E-state index in [9.17, 15) is 19.2 Å². The van der Waals surface area contributed by atoms with Gasteiger partial charge in [0.1, 0.15) is 5.75 Å². The first kappa shape index (κ1) is 22.8. The van der Waals surface area contributed by atoms with Crippen molar-refractivity contribution in [3.63, 3.8) is 0 Å². The van der Waals surface area contributed by atoms with E-state index in [1.807, 2.05) is 6.92 Å². The summed E-state index contributed by atoms with van der Waals surface area (Å²) in [5.41, 5.74) is 0.537. The summed E-state index contributed by atoms with van der Waals surface area (Å²) >= 11 is 0. The number of carbonyl (C=O) groups is 4. The molecule has 1 aliphatic heterocycles. The SMILES string of the molecule is CCCN(CC(=O)Nc1ccccc1OC)C(=O)CCN1C(=O)[C@H]2CCCC[C@@H]2C1=O. The molecule has 1 aromatic rings. The Kier molecular flexibility index (Phi) is 7.65. The number of benzene rings is 1. The van der Waals surface area contributed by atoms with Crippen molar-refractivity contribution >= 4 is 29.3 Å². The van der Waals surface area contributed by atoms with Gasteiger partial charge in [-0.05, 0) is 31.4 Å². The summed E-state index contributed by atoms with van der Waals surface area (Å²) in [6, 6.07) is 7.06. The van der Waals surface area contributed by atoms with Gasteiger partial charge in [0.2, 0.25) is 23.6 Å². The molecular weight excluding hydrogens is 398 g/mol. The van der Waals surface area contributed by atoms with Gasteiger partial charge in [-0.25, -0.2) is 0 Å². The zero-order chi connectivity index (χ0) is 22.4. The van der Waals surface area contributed by atoms with Crippen LogP contribution in [0.5, 0.6) is 5.75 Å². The molecule has 2 aliphatic rings. The van der Waals surface area contributed by atoms with E-state index in [0.717, 1.165) is 25.7 Å². The predicted octanol–water partition coefficient (Wildman–Crippen LogP) is 2.44. The lowest BCUT2D eigenvalue weighted by Crippen LogP contribution is -2.41. The molecule has 168 valence electrons. The van der Waals surface area contributed by atoms with Gasteiger partial charge in [0.15, 0.2) is 0 Å². The van der Waals surface area contributed by atoms with Crippen LogP contribution in [-0.2, 0) is 19.2 Å². The van der Waals surface area contributed by atoms with Crippen LogP contribution >= 0.6 is 0 Å². The van der Waals surface area contributed by atoms with Gasteiger partial charge in [-0.3, -0.25) is 24.1 Å². The minimum atomic E-state index is -0.328. The van der Waals surface area contributed by atoms with Crippen LogP contribution in [0.25, 0.3) is 0 Å². The van der Waals surface area contributed by atoms with E-state index in [4.69, 9.17) is 4.74 Å². The van der Waals surface area contributed by atoms with Gasteiger partial charge in [-0.1, -0.05) is 31.9 Å². The molecular formula is C23H31N3O5. The molecule has 2 atom stereocenters. The number of rotatable bonds is 9. The number of imide groups is 1. The summed E-state index contributed by atoms with van der Waals surface area (Å²) in [5, 5.41) is 2.77. The Bertz CT molecular complexity index is 816. The van der Waals surface area contributed by atoms with Crippen molar-refractivity contribution in [1.29, 1.82) is 0 Å². The topological polar surface area (TPSA) is 96.0 Å². The zero-order valence-electron chi connectivity index (χ0n) is 18.3. The summed E-state index contributed by atoms with van der Waals surface area (Å²) < 4.78 is 5.24. The summed E-state index contributed by atoms with van der Waals surface area (Å²) in [6.45, 7) is 2.33. The van der Waals surface area contributed by atoms with Crippen LogP contribution in [-0.4, -0.2) is 60.2 Å². The number of methoxy groups -OCH3 is 1. The molecule has 1 heterocycles. The average Bonchev–Trinajstić information content (AvgIpc) is 3.02. The Hall–Kier alpha value is -2.90. The summed E-state index contributed by atoms with van der Waals surface area (Å²) in [4.78, 5) is 53.3. The monoisotopic (exact) mass is 429 g/mol. The molecule has 8 heteroatoms. The van der Waals surface area contributed by atoms with Crippen LogP contribution in [0.4, 0.5) is 5.69 Å². The average molecular weight is 430 g/mol. The number of carbonyl (C=O) groups excluding carboxylic acids is 4. The van der Waals surface area contributed by atoms with E-state index in [-0.39, 0.29) is 55.0 Å². The van der Waals surface area contributed by atoms with E-state index >= 15 is 0 Å². The van der Waals surface area contributed by atoms with Gasteiger partial charge in [0.05, 0.1) is 31.2 Å². The smallest absolute Gasteiger partial charge is 0.244 e. The third kappa shape index (κ3) is 5.24. The van der Waals surface area contributed by atoms with Gasteiger partial charge in [0, 0.05) is 19.5 Å². The normalized spacial score (nSPS) is 20.4. The quantitative estimate of drug-likeness (QED) is 0.608. The molecule has 0 bridgehead atoms. The molecule has 8 nitrogen and oxygen atoms in total. The molecule has 1 aromatic carbocycles. The number of para-hydroxylation sites is 2. The number of fused-ring (bicyclic) bond motifs is 1. The third-order valence-corrected chi connectivity index (χ3v) is 6.04. The molecule has 0 radical (unpaired) electrons. The lowest BCUT2D eigenvalue weighted by Gasteiger charge is -2.23. The van der Waals surface area contributed by atoms with Crippen LogP contribution in [0.1, 0.15) is 45.4 Å². The van der Waals surface area contributed by atoms with Crippen molar-refractivity contribution in [2.75, 3.05) is 32.1 Å². The fourth-order valence-corrected chi connectivity index (χ4v) is 4.49. The van der Waals surface area contributed by atoms with E-state index in [0.29, 0.717) is 24.4 Å². The van der Waals surface area contributed by atoms with Crippen LogP contribution in [0.2, 0.25) is 0 Å². The highest BCUT2D eigenvalue weighted by Crippen LogP contribution is 2.38. The molecule has 1 saturated carbocycles. The first-order valence-electron chi connectivity index (χ1n) is 11.0. The van der Waals surface area contributed by atoms with Crippen molar-refractivity contribution < 1.29 is 23.9 Å². The van der Waals surface area contributed by atoms with Crippen molar-refractivity contribution in [3.8, 4) is 5.75 Å². The van der Waals surface area contributed by atoms with E-state index < -0.39 is 0 Å². The zero-order valence-corrected chi connectivity index (χ0v) is 18.3. The number of hydrogen-bond donors (Lipinski definition) is 1. The van der Waals surface area contributed by atoms with Crippen molar-refractivity contribution in [1.82, 2.24) is 9.80 Å². The minimum Gasteiger partial charge on any atom is -0.495 e. The van der Waals surface area contributed by atoms with Crippen LogP contribution in [0.15, 0.2) is 24.3 Å². The molecule has 3 rings (SSSR count). The molecule has 0 aromatic heterocycles. The number of likely N-dealkylation sites (tertiary alicyclic amines) is 1. The van der Waals surface area contributed by atoms with Crippen molar-refractivity contribution in [3.05, 3.63) is 24.3 Å². The summed E-state index contributed by atoms with van der Waals surface area (Å²) in [7, 11) is 1.52. The first-order chi connectivity index (χ1) is 15.0. The lowest BCUT2D eigenvalue weighted by atomic mass is 9.81. The van der Waals surface area contributed by atoms with Crippen LogP contribution < -0.4 is 10.1 Å². The Balaban J connectivity index is 1.57. The van der Waals surface area contributed by atoms with E-state index in [2.05, 4.69) is 5.32 Å². The second-order valence-electron chi connectivity index (χ2n) is 8.14. The van der Waals surface area contributed by atoms with E-state index in [1.165, 1.54) is 16.9 Å². The maximum absolute atomic E-state index is 12.8. The second kappa shape index (κ2) is 10.4. The summed E-state index contributed by atoms with van der Waals surface area (Å²) in [6.07, 6.45) is 4.17. The Labute approximate surface area is 182 Å². The number of nitrogens with zero attached hydrogens (tertiary/aromatic N) is 2. The molecule has 1 aliphatic carbocycles. The molecule has 4 amide bonds. The predicted molar refractivity (Wildman–Crippen MR) is 115 cm³/mol. The van der Waals surface area contributed by atoms with Crippen molar-refractivity contribution in [2.45, 2.75) is 45.4 Å². The number of amides is 4. The Morgan fingerprint density at radius 2 is 1.77 bits per heavy atom. The summed E-state index contributed by atoms with van der Waals surface area (Å²) in [5.74, 6) is -0.740. The maximum Gasteiger partial charge on any atom is 0.244 e. The first-order valence-corrected chi connectivity index (χ1v) is 11.0. The van der Waals surface area contributed by atoms with Gasteiger partial charge >= 0.3 is 0 Å². The van der Waals surface area contributed by atoms with E-state index in [1.54, 1.807) is 24.3 Å². The standard InChI is InChI=1S/C23H31N3O5/c1-3-13-25(15-20(27)24-18-10-6-7-11-19(18)31-2)21(28)12-14-26-22(29)16-8-4-5-9-17(16)23(26)30/h6-7,10-11,16-17H,3-5,8-9,12-15H2,1-2H3,(H,24,27)/t16-,17-/m0/s1. The highest BCUT2D eigenvalue weighted by Gasteiger charge is 2.47. The number of hydrogen-bond acceptors (Lipinski definition) is 5. The number of ether oxygens (including phenoxy) is 1. The fraction of sp³-hybridized carbons (Fsp3) is 0.565. The second-order valence-corrected chi connectivity index (χ2v) is 8.14. The van der Waals surface area contributed by atoms with Crippen LogP contribution in [0.3, 0.4) is 0 Å². The Morgan fingerprint density at radius 1 is 1.13 bits per heavy atom. The molecule has 1 saturated heterocycles. The minimum absolute atomic E-state index is 0.0266. The molecule has 1 N–H and O–H groups in total. The lowest BCUT2D eigenvalue weighted by molar-refractivity contribution is -0.141. The molecule has 0 spiro atoms. The molecule has 2 fully saturated rings. The third-order valence-electron chi connectivity index (χ3n) is 6.04. The molecule has 31 heavy (non-hydrogen) atoms. The van der Waals surface area contributed by atoms with Gasteiger partial charge in [-0.2, -0.15) is 0 Å². The van der Waals surface area contributed by atoms with Gasteiger partial charge in [0.25, 0.3) is 0 Å². The highest BCUT2D eigenvalue weighted by molar-refractivity contribution is 6.05. The van der Waals surface area contributed by atoms with Crippen LogP contribution in [0, 0.1) is 11.8 Å². The Morgan fingerprint density at radius 3 is 2.39 bits per heavy atom. The van der Waals surface area contributed by atoms with Crippen molar-refractivity contribution in [2.24, 2.45) is 11.8 Å². The number of anilines is 1. The number of nitrogens with one attached hydrogen (secondary N) is 1. The van der Waals surface area contributed by atoms with Gasteiger partial charge in [-0.15, -0.1) is 0 Å². The largest absolute Gasteiger partial charge is 0.495 e. The molecule has 0 unspecified atom stereocenters. The maximum atomic E-state index is 12.8. The van der Waals surface area contributed by atoms with Gasteiger partial charge < -0.3 is 15.0 Å². The fourth-order valence-electron chi connectivity index (χ4n) is 4.49. The highest BCUT2D eigenvalue weighted by atomic mass is 16.5.